The van der Waals surface area contributed by atoms with Crippen molar-refractivity contribution in [3.63, 3.8) is 0 Å². The fourth-order valence-corrected chi connectivity index (χ4v) is 7.10. The van der Waals surface area contributed by atoms with E-state index in [1.165, 1.54) is 38.3 Å². The van der Waals surface area contributed by atoms with E-state index in [2.05, 4.69) is 58.1 Å². The van der Waals surface area contributed by atoms with Crippen LogP contribution in [0.3, 0.4) is 0 Å². The van der Waals surface area contributed by atoms with Gasteiger partial charge in [0.05, 0.1) is 35.4 Å². The molecular formula is C34H40N6O3. The largest absolute Gasteiger partial charge is 0.490 e. The molecule has 0 bridgehead atoms. The molecule has 7 rings (SSSR count). The number of ether oxygens (including phenoxy) is 1. The van der Waals surface area contributed by atoms with Crippen LogP contribution in [-0.4, -0.2) is 55.0 Å². The third kappa shape index (κ3) is 5.83. The van der Waals surface area contributed by atoms with Crippen LogP contribution in [0.4, 0.5) is 0 Å². The zero-order valence-corrected chi connectivity index (χ0v) is 24.7. The SMILES string of the molecule is CC(Oc1cccc(-c2cccc(-n3ncc(C(=O)O)c3[C@@H]3C[C@H]3c3cn(C4CCNCC4)nn3)c2)c1)C1CCCCC1. The molecule has 1 saturated heterocycles. The van der Waals surface area contributed by atoms with Crippen molar-refractivity contribution >= 4 is 5.97 Å². The fourth-order valence-electron chi connectivity index (χ4n) is 7.10. The summed E-state index contributed by atoms with van der Waals surface area (Å²) in [5, 5.41) is 27.0. The maximum absolute atomic E-state index is 12.3. The summed E-state index contributed by atoms with van der Waals surface area (Å²) < 4.78 is 10.2. The molecule has 3 heterocycles. The van der Waals surface area contributed by atoms with E-state index in [0.29, 0.717) is 12.0 Å². The van der Waals surface area contributed by atoms with Crippen LogP contribution in [0.15, 0.2) is 60.9 Å². The molecule has 3 fully saturated rings. The first-order valence-electron chi connectivity index (χ1n) is 15.9. The molecule has 0 amide bonds. The highest BCUT2D eigenvalue weighted by Gasteiger charge is 2.46. The molecule has 3 aliphatic rings. The maximum Gasteiger partial charge on any atom is 0.339 e. The van der Waals surface area contributed by atoms with E-state index in [1.807, 2.05) is 28.9 Å². The first-order valence-corrected chi connectivity index (χ1v) is 15.9. The van der Waals surface area contributed by atoms with Gasteiger partial charge in [-0.15, -0.1) is 5.10 Å². The molecule has 1 unspecified atom stereocenters. The highest BCUT2D eigenvalue weighted by atomic mass is 16.5. The van der Waals surface area contributed by atoms with Crippen LogP contribution in [0.2, 0.25) is 0 Å². The lowest BCUT2D eigenvalue weighted by Crippen LogP contribution is -2.29. The summed E-state index contributed by atoms with van der Waals surface area (Å²) in [6.45, 7) is 4.17. The van der Waals surface area contributed by atoms with Gasteiger partial charge >= 0.3 is 5.97 Å². The maximum atomic E-state index is 12.3. The van der Waals surface area contributed by atoms with Crippen molar-refractivity contribution in [1.82, 2.24) is 30.1 Å². The normalized spacial score (nSPS) is 21.9. The lowest BCUT2D eigenvalue weighted by atomic mass is 9.86. The van der Waals surface area contributed by atoms with Crippen LogP contribution in [0.1, 0.15) is 97.9 Å². The van der Waals surface area contributed by atoms with E-state index in [4.69, 9.17) is 4.74 Å². The molecule has 9 heteroatoms. The molecule has 2 saturated carbocycles. The van der Waals surface area contributed by atoms with Crippen LogP contribution in [-0.2, 0) is 0 Å². The molecule has 9 nitrogen and oxygen atoms in total. The number of piperidine rings is 1. The van der Waals surface area contributed by atoms with E-state index < -0.39 is 5.97 Å². The third-order valence-corrected chi connectivity index (χ3v) is 9.66. The minimum Gasteiger partial charge on any atom is -0.490 e. The minimum absolute atomic E-state index is 0.0217. The van der Waals surface area contributed by atoms with E-state index in [0.717, 1.165) is 66.3 Å². The first kappa shape index (κ1) is 27.8. The average Bonchev–Trinajstić information content (AvgIpc) is 3.45. The van der Waals surface area contributed by atoms with Gasteiger partial charge in [-0.25, -0.2) is 14.2 Å². The minimum atomic E-state index is -0.960. The van der Waals surface area contributed by atoms with Crippen LogP contribution >= 0.6 is 0 Å². The van der Waals surface area contributed by atoms with Gasteiger partial charge in [0, 0.05) is 18.0 Å². The second-order valence-electron chi connectivity index (χ2n) is 12.5. The second-order valence-corrected chi connectivity index (χ2v) is 12.5. The number of carbonyl (C=O) groups is 1. The van der Waals surface area contributed by atoms with E-state index in [1.54, 1.807) is 4.68 Å². The highest BCUT2D eigenvalue weighted by Crippen LogP contribution is 2.55. The van der Waals surface area contributed by atoms with Crippen molar-refractivity contribution in [3.05, 3.63) is 77.9 Å². The number of nitrogens with one attached hydrogen (secondary N) is 1. The summed E-state index contributed by atoms with van der Waals surface area (Å²) in [5.74, 6) is 0.689. The Labute approximate surface area is 252 Å². The Bertz CT molecular complexity index is 1580. The van der Waals surface area contributed by atoms with Gasteiger partial charge < -0.3 is 15.2 Å². The summed E-state index contributed by atoms with van der Waals surface area (Å²) in [7, 11) is 0. The van der Waals surface area contributed by atoms with Crippen molar-refractivity contribution in [1.29, 1.82) is 0 Å². The molecular weight excluding hydrogens is 540 g/mol. The number of carboxylic acid groups (broad SMARTS) is 1. The number of aromatic carboxylic acids is 1. The predicted molar refractivity (Wildman–Crippen MR) is 164 cm³/mol. The molecule has 4 aromatic rings. The zero-order chi connectivity index (χ0) is 29.3. The van der Waals surface area contributed by atoms with Crippen molar-refractivity contribution in [2.45, 2.75) is 82.3 Å². The molecule has 2 aromatic heterocycles. The average molecular weight is 581 g/mol. The molecule has 1 aliphatic heterocycles. The van der Waals surface area contributed by atoms with E-state index >= 15 is 0 Å². The van der Waals surface area contributed by atoms with Gasteiger partial charge in [-0.2, -0.15) is 5.10 Å². The first-order chi connectivity index (χ1) is 21.0. The quantitative estimate of drug-likeness (QED) is 0.237. The van der Waals surface area contributed by atoms with Gasteiger partial charge in [0.25, 0.3) is 0 Å². The lowest BCUT2D eigenvalue weighted by molar-refractivity contribution is 0.0695. The Kier molecular flexibility index (Phi) is 7.74. The zero-order valence-electron chi connectivity index (χ0n) is 24.7. The molecule has 0 spiro atoms. The molecule has 2 aliphatic carbocycles. The number of carboxylic acids is 1. The van der Waals surface area contributed by atoms with Crippen LogP contribution in [0, 0.1) is 5.92 Å². The Balaban J connectivity index is 1.13. The Morgan fingerprint density at radius 3 is 2.56 bits per heavy atom. The molecule has 43 heavy (non-hydrogen) atoms. The summed E-state index contributed by atoms with van der Waals surface area (Å²) in [5.41, 5.74) is 4.83. The number of hydrogen-bond donors (Lipinski definition) is 2. The van der Waals surface area contributed by atoms with Gasteiger partial charge in [0.15, 0.2) is 0 Å². The fraction of sp³-hybridized carbons (Fsp3) is 0.471. The highest BCUT2D eigenvalue weighted by molar-refractivity contribution is 5.89. The van der Waals surface area contributed by atoms with Crippen LogP contribution in [0.5, 0.6) is 5.75 Å². The van der Waals surface area contributed by atoms with Crippen LogP contribution in [0.25, 0.3) is 16.8 Å². The van der Waals surface area contributed by atoms with Crippen molar-refractivity contribution in [2.24, 2.45) is 5.92 Å². The Hall–Kier alpha value is -3.98. The molecule has 2 aromatic carbocycles. The smallest absolute Gasteiger partial charge is 0.339 e. The number of aromatic nitrogens is 5. The topological polar surface area (TPSA) is 107 Å². The molecule has 224 valence electrons. The number of hydrogen-bond acceptors (Lipinski definition) is 6. The number of rotatable bonds is 9. The van der Waals surface area contributed by atoms with Gasteiger partial charge in [-0.05, 0) is 93.4 Å². The summed E-state index contributed by atoms with van der Waals surface area (Å²) in [6.07, 6.45) is 13.1. The van der Waals surface area contributed by atoms with Crippen molar-refractivity contribution in [2.75, 3.05) is 13.1 Å². The number of benzene rings is 2. The van der Waals surface area contributed by atoms with Crippen molar-refractivity contribution in [3.8, 4) is 22.6 Å². The van der Waals surface area contributed by atoms with Gasteiger partial charge in [0.1, 0.15) is 11.3 Å². The van der Waals surface area contributed by atoms with E-state index in [-0.39, 0.29) is 23.5 Å². The Morgan fingerprint density at radius 2 is 1.77 bits per heavy atom. The monoisotopic (exact) mass is 580 g/mol. The third-order valence-electron chi connectivity index (χ3n) is 9.66. The van der Waals surface area contributed by atoms with Crippen molar-refractivity contribution < 1.29 is 14.6 Å². The lowest BCUT2D eigenvalue weighted by Gasteiger charge is -2.28. The summed E-state index contributed by atoms with van der Waals surface area (Å²) in [6, 6.07) is 16.8. The van der Waals surface area contributed by atoms with E-state index in [9.17, 15) is 9.90 Å². The molecule has 3 atom stereocenters. The molecule has 2 N–H and O–H groups in total. The van der Waals surface area contributed by atoms with Crippen LogP contribution < -0.4 is 10.1 Å². The molecule has 0 radical (unpaired) electrons. The van der Waals surface area contributed by atoms with Gasteiger partial charge in [-0.3, -0.25) is 0 Å². The predicted octanol–water partition coefficient (Wildman–Crippen LogP) is 6.37. The standard InChI is InChI=1S/C34H40N6O3/c1-22(23-7-3-2-4-8-23)43-28-12-6-10-25(18-28)24-9-5-11-27(17-24)40-33(31(20-36-40)34(41)42)30-19-29(30)32-21-39(38-37-32)26-13-15-35-16-14-26/h5-6,9-12,17-18,20-23,26,29-30,35H,2-4,7-8,13-16,19H2,1H3,(H,41,42)/t22?,29-,30-/m1/s1. The second kappa shape index (κ2) is 12.0. The number of nitrogens with zero attached hydrogens (tertiary/aromatic N) is 5. The Morgan fingerprint density at radius 1 is 1.00 bits per heavy atom. The van der Waals surface area contributed by atoms with Gasteiger partial charge in [0.2, 0.25) is 0 Å². The summed E-state index contributed by atoms with van der Waals surface area (Å²) >= 11 is 0. The summed E-state index contributed by atoms with van der Waals surface area (Å²) in [4.78, 5) is 12.3. The van der Waals surface area contributed by atoms with Gasteiger partial charge in [-0.1, -0.05) is 48.7 Å².